The van der Waals surface area contributed by atoms with E-state index in [2.05, 4.69) is 150 Å². The maximum Gasteiger partial charge on any atom is 0.164 e. The molecule has 0 aliphatic rings. The monoisotopic (exact) mass is 780 g/mol. The zero-order valence-corrected chi connectivity index (χ0v) is 32.6. The molecule has 13 rings (SSSR count). The number of nitrogens with zero attached hydrogens (tertiary/aromatic N) is 4. The number of hydrogen-bond donors (Lipinski definition) is 0. The van der Waals surface area contributed by atoms with Crippen LogP contribution in [-0.4, -0.2) is 19.5 Å². The molecule has 0 saturated heterocycles. The van der Waals surface area contributed by atoms with E-state index < -0.39 is 0 Å². The largest absolute Gasteiger partial charge is 0.456 e. The van der Waals surface area contributed by atoms with E-state index in [9.17, 15) is 0 Å². The molecular weight excluding hydrogens is 749 g/mol. The highest BCUT2D eigenvalue weighted by Gasteiger charge is 2.22. The fourth-order valence-electron chi connectivity index (χ4n) is 9.24. The van der Waals surface area contributed by atoms with Gasteiger partial charge in [-0.05, 0) is 94.7 Å². The molecule has 0 spiro atoms. The highest BCUT2D eigenvalue weighted by Crippen LogP contribution is 2.43. The Morgan fingerprint density at radius 1 is 0.328 bits per heavy atom. The van der Waals surface area contributed by atoms with Crippen LogP contribution in [0.15, 0.2) is 203 Å². The summed E-state index contributed by atoms with van der Waals surface area (Å²) in [7, 11) is 0. The standard InChI is InChI=1S/C55H32N4O2/c1-2-14-38(15-3-1)59-45-20-8-6-16-40(45)43-31-35(26-28-46(43)59)39-18-10-22-49-51(39)52-42(19-11-23-50(52)61-49)55-57-53(36-25-24-33-12-4-5-13-34(33)30-36)56-54(58-55)37-27-29-48-44(32-37)41-17-7-9-21-47(41)60-48/h1-32H. The van der Waals surface area contributed by atoms with Crippen molar-refractivity contribution in [3.05, 3.63) is 194 Å². The smallest absolute Gasteiger partial charge is 0.164 e. The summed E-state index contributed by atoms with van der Waals surface area (Å²) in [6.07, 6.45) is 0. The molecule has 0 amide bonds. The van der Waals surface area contributed by atoms with Crippen molar-refractivity contribution in [3.63, 3.8) is 0 Å². The molecule has 4 aromatic heterocycles. The maximum absolute atomic E-state index is 6.67. The predicted octanol–water partition coefficient (Wildman–Crippen LogP) is 14.6. The molecule has 4 heterocycles. The third-order valence-electron chi connectivity index (χ3n) is 12.0. The predicted molar refractivity (Wildman–Crippen MR) is 248 cm³/mol. The van der Waals surface area contributed by atoms with Crippen LogP contribution in [0.1, 0.15) is 0 Å². The molecule has 6 nitrogen and oxygen atoms in total. The molecule has 0 unspecified atom stereocenters. The summed E-state index contributed by atoms with van der Waals surface area (Å²) in [5.74, 6) is 1.73. The van der Waals surface area contributed by atoms with Gasteiger partial charge in [0.1, 0.15) is 22.3 Å². The molecule has 0 aliphatic heterocycles. The second-order valence-corrected chi connectivity index (χ2v) is 15.6. The van der Waals surface area contributed by atoms with Crippen molar-refractivity contribution in [2.75, 3.05) is 0 Å². The van der Waals surface area contributed by atoms with E-state index in [4.69, 9.17) is 23.8 Å². The van der Waals surface area contributed by atoms with Gasteiger partial charge in [0.05, 0.1) is 11.0 Å². The first kappa shape index (κ1) is 33.6. The number of furan rings is 2. The summed E-state index contributed by atoms with van der Waals surface area (Å²) in [4.78, 5) is 15.7. The van der Waals surface area contributed by atoms with E-state index in [0.717, 1.165) is 93.7 Å². The third kappa shape index (κ3) is 5.26. The Morgan fingerprint density at radius 2 is 0.902 bits per heavy atom. The van der Waals surface area contributed by atoms with Crippen molar-refractivity contribution in [3.8, 4) is 51.0 Å². The molecule has 0 radical (unpaired) electrons. The number of fused-ring (bicyclic) bond motifs is 10. The van der Waals surface area contributed by atoms with Gasteiger partial charge in [0.2, 0.25) is 0 Å². The van der Waals surface area contributed by atoms with Gasteiger partial charge in [-0.25, -0.2) is 15.0 Å². The van der Waals surface area contributed by atoms with E-state index in [-0.39, 0.29) is 0 Å². The van der Waals surface area contributed by atoms with Crippen LogP contribution >= 0.6 is 0 Å². The van der Waals surface area contributed by atoms with Crippen LogP contribution in [0.2, 0.25) is 0 Å². The second-order valence-electron chi connectivity index (χ2n) is 15.6. The number of rotatable bonds is 5. The van der Waals surface area contributed by atoms with Gasteiger partial charge in [-0.3, -0.25) is 0 Å². The zero-order valence-electron chi connectivity index (χ0n) is 32.6. The zero-order chi connectivity index (χ0) is 40.0. The van der Waals surface area contributed by atoms with Crippen LogP contribution in [0.5, 0.6) is 0 Å². The van der Waals surface area contributed by atoms with Crippen molar-refractivity contribution in [1.29, 1.82) is 0 Å². The molecular formula is C55H32N4O2. The van der Waals surface area contributed by atoms with Crippen LogP contribution in [-0.2, 0) is 0 Å². The first-order valence-corrected chi connectivity index (χ1v) is 20.4. The van der Waals surface area contributed by atoms with Gasteiger partial charge in [0.15, 0.2) is 17.5 Å². The van der Waals surface area contributed by atoms with Crippen LogP contribution in [0, 0.1) is 0 Å². The van der Waals surface area contributed by atoms with E-state index >= 15 is 0 Å². The Balaban J connectivity index is 1.04. The van der Waals surface area contributed by atoms with Crippen molar-refractivity contribution in [1.82, 2.24) is 19.5 Å². The highest BCUT2D eigenvalue weighted by atomic mass is 16.3. The number of benzene rings is 9. The first-order chi connectivity index (χ1) is 30.2. The van der Waals surface area contributed by atoms with Crippen molar-refractivity contribution in [2.24, 2.45) is 0 Å². The molecule has 284 valence electrons. The molecule has 9 aromatic carbocycles. The van der Waals surface area contributed by atoms with Crippen LogP contribution < -0.4 is 0 Å². The lowest BCUT2D eigenvalue weighted by molar-refractivity contribution is 0.668. The number of para-hydroxylation sites is 3. The summed E-state index contributed by atoms with van der Waals surface area (Å²) in [6, 6.07) is 67.5. The molecule has 0 bridgehead atoms. The molecule has 0 aliphatic carbocycles. The Hall–Kier alpha value is -8.35. The lowest BCUT2D eigenvalue weighted by atomic mass is 9.96. The van der Waals surface area contributed by atoms with Gasteiger partial charge < -0.3 is 13.4 Å². The second kappa shape index (κ2) is 13.1. The van der Waals surface area contributed by atoms with Gasteiger partial charge in [0, 0.05) is 54.7 Å². The quantitative estimate of drug-likeness (QED) is 0.174. The normalized spacial score (nSPS) is 11.9. The van der Waals surface area contributed by atoms with E-state index in [0.29, 0.717) is 17.5 Å². The van der Waals surface area contributed by atoms with Crippen LogP contribution in [0.3, 0.4) is 0 Å². The van der Waals surface area contributed by atoms with E-state index in [1.807, 2.05) is 48.5 Å². The first-order valence-electron chi connectivity index (χ1n) is 20.4. The van der Waals surface area contributed by atoms with Gasteiger partial charge in [-0.1, -0.05) is 121 Å². The van der Waals surface area contributed by atoms with Crippen molar-refractivity contribution in [2.45, 2.75) is 0 Å². The number of aromatic nitrogens is 4. The van der Waals surface area contributed by atoms with Gasteiger partial charge in [0.25, 0.3) is 0 Å². The Labute approximate surface area is 348 Å². The summed E-state index contributed by atoms with van der Waals surface area (Å²) in [6.45, 7) is 0. The van der Waals surface area contributed by atoms with E-state index in [1.54, 1.807) is 0 Å². The summed E-state index contributed by atoms with van der Waals surface area (Å²) in [5, 5.41) is 8.69. The average Bonchev–Trinajstić information content (AvgIpc) is 4.01. The minimum atomic E-state index is 0.565. The molecule has 0 saturated carbocycles. The molecule has 0 atom stereocenters. The van der Waals surface area contributed by atoms with Crippen LogP contribution in [0.4, 0.5) is 0 Å². The van der Waals surface area contributed by atoms with Crippen molar-refractivity contribution >= 4 is 76.5 Å². The summed E-state index contributed by atoms with van der Waals surface area (Å²) < 4.78 is 15.2. The Morgan fingerprint density at radius 3 is 1.75 bits per heavy atom. The minimum absolute atomic E-state index is 0.565. The molecule has 6 heteroatoms. The Kier molecular flexibility index (Phi) is 7.21. The topological polar surface area (TPSA) is 69.9 Å². The molecule has 13 aromatic rings. The highest BCUT2D eigenvalue weighted by molar-refractivity contribution is 6.19. The van der Waals surface area contributed by atoms with Gasteiger partial charge in [-0.15, -0.1) is 0 Å². The van der Waals surface area contributed by atoms with Gasteiger partial charge >= 0.3 is 0 Å². The van der Waals surface area contributed by atoms with Crippen molar-refractivity contribution < 1.29 is 8.83 Å². The average molecular weight is 781 g/mol. The summed E-state index contributed by atoms with van der Waals surface area (Å²) in [5.41, 5.74) is 11.5. The molecule has 0 fully saturated rings. The lowest BCUT2D eigenvalue weighted by Crippen LogP contribution is -2.00. The third-order valence-corrected chi connectivity index (χ3v) is 12.0. The number of hydrogen-bond acceptors (Lipinski definition) is 5. The SMILES string of the molecule is c1ccc(-n2c3ccccc3c3cc(-c4cccc5oc6cccc(-c7nc(-c8ccc9ccccc9c8)nc(-c8ccc9oc%10ccccc%10c9c8)n7)c6c45)ccc32)cc1. The Bertz CT molecular complexity index is 3900. The maximum atomic E-state index is 6.67. The lowest BCUT2D eigenvalue weighted by Gasteiger charge is -2.11. The fraction of sp³-hybridized carbons (Fsp3) is 0. The van der Waals surface area contributed by atoms with Gasteiger partial charge in [-0.2, -0.15) is 0 Å². The molecule has 61 heavy (non-hydrogen) atoms. The fourth-order valence-corrected chi connectivity index (χ4v) is 9.24. The van der Waals surface area contributed by atoms with E-state index in [1.165, 1.54) is 16.3 Å². The summed E-state index contributed by atoms with van der Waals surface area (Å²) >= 11 is 0. The molecule has 0 N–H and O–H groups in total. The van der Waals surface area contributed by atoms with Crippen LogP contribution in [0.25, 0.3) is 127 Å². The minimum Gasteiger partial charge on any atom is -0.456 e.